The van der Waals surface area contributed by atoms with Crippen LogP contribution in [0.1, 0.15) is 32.1 Å². The number of nitrogens with one attached hydrogen (secondary N) is 1. The number of urea groups is 1. The van der Waals surface area contributed by atoms with E-state index in [0.29, 0.717) is 18.9 Å². The van der Waals surface area contributed by atoms with Gasteiger partial charge in [0.15, 0.2) is 0 Å². The smallest absolute Gasteiger partial charge is 0.317 e. The Morgan fingerprint density at radius 3 is 2.44 bits per heavy atom. The molecule has 0 heterocycles. The van der Waals surface area contributed by atoms with Crippen LogP contribution in [0, 0.1) is 5.92 Å². The van der Waals surface area contributed by atoms with Gasteiger partial charge in [0.25, 0.3) is 0 Å². The fraction of sp³-hybridized carbons (Fsp3) is 0.818. The van der Waals surface area contributed by atoms with Gasteiger partial charge in [-0.25, -0.2) is 4.79 Å². The summed E-state index contributed by atoms with van der Waals surface area (Å²) in [6.07, 6.45) is 4.20. The number of rotatable bonds is 3. The molecule has 5 nitrogen and oxygen atoms in total. The fourth-order valence-corrected chi connectivity index (χ4v) is 2.24. The van der Waals surface area contributed by atoms with Gasteiger partial charge < -0.3 is 15.3 Å². The van der Waals surface area contributed by atoms with Crippen LogP contribution in [0.3, 0.4) is 0 Å². The number of aliphatic carboxylic acids is 1. The molecule has 0 spiro atoms. The minimum atomic E-state index is -0.743. The van der Waals surface area contributed by atoms with Crippen molar-refractivity contribution in [2.24, 2.45) is 5.92 Å². The van der Waals surface area contributed by atoms with E-state index in [0.717, 1.165) is 19.3 Å². The van der Waals surface area contributed by atoms with Crippen LogP contribution in [0.15, 0.2) is 0 Å². The highest BCUT2D eigenvalue weighted by Gasteiger charge is 2.34. The van der Waals surface area contributed by atoms with Crippen LogP contribution in [0.5, 0.6) is 0 Å². The van der Waals surface area contributed by atoms with E-state index in [1.165, 1.54) is 0 Å². The minimum absolute atomic E-state index is 0.0369. The molecule has 0 bridgehead atoms. The molecule has 16 heavy (non-hydrogen) atoms. The molecule has 2 aliphatic rings. The zero-order valence-electron chi connectivity index (χ0n) is 9.48. The summed E-state index contributed by atoms with van der Waals surface area (Å²) in [5.74, 6) is -1.02. The molecule has 2 fully saturated rings. The third-order valence-electron chi connectivity index (χ3n) is 3.52. The summed E-state index contributed by atoms with van der Waals surface area (Å²) < 4.78 is 0. The lowest BCUT2D eigenvalue weighted by Gasteiger charge is -2.20. The van der Waals surface area contributed by atoms with E-state index in [9.17, 15) is 9.59 Å². The maximum Gasteiger partial charge on any atom is 0.317 e. The minimum Gasteiger partial charge on any atom is -0.481 e. The van der Waals surface area contributed by atoms with E-state index in [4.69, 9.17) is 5.11 Å². The van der Waals surface area contributed by atoms with E-state index in [2.05, 4.69) is 5.32 Å². The van der Waals surface area contributed by atoms with Crippen molar-refractivity contribution < 1.29 is 14.7 Å². The molecule has 0 saturated heterocycles. The molecule has 0 aromatic rings. The van der Waals surface area contributed by atoms with E-state index in [-0.39, 0.29) is 18.0 Å². The van der Waals surface area contributed by atoms with Gasteiger partial charge in [-0.2, -0.15) is 0 Å². The number of amides is 2. The van der Waals surface area contributed by atoms with Gasteiger partial charge in [0.05, 0.1) is 5.92 Å². The summed E-state index contributed by atoms with van der Waals surface area (Å²) in [7, 11) is 1.80. The number of carboxylic acid groups (broad SMARTS) is 1. The van der Waals surface area contributed by atoms with Crippen molar-refractivity contribution in [3.8, 4) is 0 Å². The van der Waals surface area contributed by atoms with Crippen molar-refractivity contribution in [3.05, 3.63) is 0 Å². The maximum absolute atomic E-state index is 11.7. The van der Waals surface area contributed by atoms with Crippen LogP contribution < -0.4 is 5.32 Å². The molecule has 0 aliphatic heterocycles. The van der Waals surface area contributed by atoms with Gasteiger partial charge in [-0.15, -0.1) is 0 Å². The van der Waals surface area contributed by atoms with Crippen LogP contribution >= 0.6 is 0 Å². The molecule has 2 saturated carbocycles. The van der Waals surface area contributed by atoms with Gasteiger partial charge in [-0.05, 0) is 32.1 Å². The van der Waals surface area contributed by atoms with Crippen molar-refractivity contribution in [3.63, 3.8) is 0 Å². The summed E-state index contributed by atoms with van der Waals surface area (Å²) in [5.41, 5.74) is 0. The number of nitrogens with zero attached hydrogens (tertiary/aromatic N) is 1. The number of hydrogen-bond donors (Lipinski definition) is 2. The average molecular weight is 226 g/mol. The second-order valence-electron chi connectivity index (χ2n) is 4.84. The first-order chi connectivity index (χ1) is 7.58. The monoisotopic (exact) mass is 226 g/mol. The third-order valence-corrected chi connectivity index (χ3v) is 3.52. The predicted octanol–water partition coefficient (Wildman–Crippen LogP) is 1.04. The van der Waals surface area contributed by atoms with Crippen molar-refractivity contribution in [2.75, 3.05) is 7.05 Å². The zero-order valence-corrected chi connectivity index (χ0v) is 9.48. The first-order valence-electron chi connectivity index (χ1n) is 5.84. The highest BCUT2D eigenvalue weighted by Crippen LogP contribution is 2.28. The van der Waals surface area contributed by atoms with Crippen molar-refractivity contribution in [2.45, 2.75) is 44.2 Å². The van der Waals surface area contributed by atoms with Crippen LogP contribution in [0.25, 0.3) is 0 Å². The Morgan fingerprint density at radius 1 is 1.25 bits per heavy atom. The molecular weight excluding hydrogens is 208 g/mol. The lowest BCUT2D eigenvalue weighted by Crippen LogP contribution is -2.43. The third kappa shape index (κ3) is 2.46. The average Bonchev–Trinajstić information content (AvgIpc) is 2.97. The van der Waals surface area contributed by atoms with Gasteiger partial charge in [0.1, 0.15) is 0 Å². The molecule has 2 rings (SSSR count). The van der Waals surface area contributed by atoms with Crippen molar-refractivity contribution in [1.82, 2.24) is 10.2 Å². The second-order valence-corrected chi connectivity index (χ2v) is 4.84. The Labute approximate surface area is 94.8 Å². The molecule has 0 aromatic heterocycles. The van der Waals surface area contributed by atoms with E-state index in [1.807, 2.05) is 0 Å². The standard InChI is InChI=1S/C11H18N2O3/c1-13(9-4-5-9)11(16)12-8-3-2-7(6-8)10(14)15/h7-9H,2-6H2,1H3,(H,12,16)(H,14,15). The van der Waals surface area contributed by atoms with Gasteiger partial charge in [-0.3, -0.25) is 4.79 Å². The molecule has 0 aromatic carbocycles. The highest BCUT2D eigenvalue weighted by atomic mass is 16.4. The summed E-state index contributed by atoms with van der Waals surface area (Å²) in [5, 5.41) is 11.8. The van der Waals surface area contributed by atoms with Crippen LogP contribution in [0.2, 0.25) is 0 Å². The molecule has 2 amide bonds. The van der Waals surface area contributed by atoms with Gasteiger partial charge >= 0.3 is 12.0 Å². The van der Waals surface area contributed by atoms with E-state index in [1.54, 1.807) is 11.9 Å². The Bertz CT molecular complexity index is 302. The molecule has 90 valence electrons. The number of carboxylic acids is 1. The summed E-state index contributed by atoms with van der Waals surface area (Å²) in [6, 6.07) is 0.380. The van der Waals surface area contributed by atoms with Gasteiger partial charge in [0.2, 0.25) is 0 Å². The largest absolute Gasteiger partial charge is 0.481 e. The lowest BCUT2D eigenvalue weighted by molar-refractivity contribution is -0.141. The first kappa shape index (κ1) is 11.2. The molecule has 2 unspecified atom stereocenters. The normalized spacial score (nSPS) is 28.8. The number of hydrogen-bond acceptors (Lipinski definition) is 2. The van der Waals surface area contributed by atoms with E-state index >= 15 is 0 Å². The Balaban J connectivity index is 1.77. The molecule has 5 heteroatoms. The van der Waals surface area contributed by atoms with Gasteiger partial charge in [0, 0.05) is 19.1 Å². The summed E-state index contributed by atoms with van der Waals surface area (Å²) in [6.45, 7) is 0. The SMILES string of the molecule is CN(C(=O)NC1CCC(C(=O)O)C1)C1CC1. The summed E-state index contributed by atoms with van der Waals surface area (Å²) >= 11 is 0. The van der Waals surface area contributed by atoms with Crippen molar-refractivity contribution >= 4 is 12.0 Å². The van der Waals surface area contributed by atoms with E-state index < -0.39 is 5.97 Å². The zero-order chi connectivity index (χ0) is 11.7. The maximum atomic E-state index is 11.7. The van der Waals surface area contributed by atoms with Crippen molar-refractivity contribution in [1.29, 1.82) is 0 Å². The molecule has 2 aliphatic carbocycles. The number of carbonyl (C=O) groups is 2. The highest BCUT2D eigenvalue weighted by molar-refractivity contribution is 5.75. The lowest BCUT2D eigenvalue weighted by atomic mass is 10.1. The fourth-order valence-electron chi connectivity index (χ4n) is 2.24. The summed E-state index contributed by atoms with van der Waals surface area (Å²) in [4.78, 5) is 24.2. The topological polar surface area (TPSA) is 69.6 Å². The Morgan fingerprint density at radius 2 is 1.94 bits per heavy atom. The van der Waals surface area contributed by atoms with Gasteiger partial charge in [-0.1, -0.05) is 0 Å². The first-order valence-corrected chi connectivity index (χ1v) is 5.84. The Kier molecular flexibility index (Phi) is 3.03. The quantitative estimate of drug-likeness (QED) is 0.755. The Hall–Kier alpha value is -1.26. The molecule has 2 atom stereocenters. The molecular formula is C11H18N2O3. The molecule has 2 N–H and O–H groups in total. The van der Waals surface area contributed by atoms with Crippen LogP contribution in [-0.4, -0.2) is 41.1 Å². The predicted molar refractivity (Wildman–Crippen MR) is 58.1 cm³/mol. The van der Waals surface area contributed by atoms with Crippen LogP contribution in [0.4, 0.5) is 4.79 Å². The number of carbonyl (C=O) groups excluding carboxylic acids is 1. The second kappa shape index (κ2) is 4.31. The van der Waals surface area contributed by atoms with Crippen LogP contribution in [-0.2, 0) is 4.79 Å². The molecule has 0 radical (unpaired) electrons.